The molecule has 4 fully saturated rings. The number of fused-ring (bicyclic) bond motifs is 2. The number of aromatic nitrogens is 3. The fraction of sp³-hybridized carbons (Fsp3) is 0.778. The van der Waals surface area contributed by atoms with Crippen molar-refractivity contribution in [3.05, 3.63) is 12.7 Å². The van der Waals surface area contributed by atoms with Gasteiger partial charge in [0.1, 0.15) is 12.7 Å². The molecule has 8 heteroatoms. The minimum absolute atomic E-state index is 0.122. The molecule has 0 spiro atoms. The highest BCUT2D eigenvalue weighted by Gasteiger charge is 2.59. The van der Waals surface area contributed by atoms with Crippen molar-refractivity contribution in [1.82, 2.24) is 24.6 Å². The maximum absolute atomic E-state index is 12.9. The van der Waals surface area contributed by atoms with Crippen molar-refractivity contribution < 1.29 is 14.3 Å². The molecule has 3 saturated heterocycles. The zero-order valence-electron chi connectivity index (χ0n) is 15.0. The molecule has 0 radical (unpaired) electrons. The maximum atomic E-state index is 12.9. The highest BCUT2D eigenvalue weighted by molar-refractivity contribution is 5.83. The number of rotatable bonds is 3. The quantitative estimate of drug-likeness (QED) is 0.759. The molecule has 1 saturated carbocycles. The van der Waals surface area contributed by atoms with Gasteiger partial charge in [0.2, 0.25) is 11.8 Å². The maximum Gasteiger partial charge on any atom is 0.226 e. The molecule has 0 N–H and O–H groups in total. The van der Waals surface area contributed by atoms with Crippen molar-refractivity contribution in [2.75, 3.05) is 26.3 Å². The lowest BCUT2D eigenvalue weighted by Gasteiger charge is -2.38. The van der Waals surface area contributed by atoms with Crippen LogP contribution in [0.15, 0.2) is 12.7 Å². The minimum atomic E-state index is 0.122. The normalized spacial score (nSPS) is 38.2. The third-order valence-corrected chi connectivity index (χ3v) is 6.80. The van der Waals surface area contributed by atoms with E-state index in [-0.39, 0.29) is 23.9 Å². The molecule has 0 aromatic carbocycles. The molecule has 0 bridgehead atoms. The standard InChI is InChI=1S/C18H25N5O3/c1-11(24)23-13(6-22-10-19-9-20-22)4-12-5-21(3-2-16(12)23)18(25)17-14-7-26-8-15(14)17/h9-10,12-17H,2-8H2,1H3/t12-,13+,14-,15+,16+,17?/m1/s1. The van der Waals surface area contributed by atoms with Gasteiger partial charge in [-0.2, -0.15) is 5.10 Å². The molecule has 1 aromatic heterocycles. The van der Waals surface area contributed by atoms with Crippen molar-refractivity contribution in [1.29, 1.82) is 0 Å². The van der Waals surface area contributed by atoms with Crippen LogP contribution in [0.25, 0.3) is 0 Å². The van der Waals surface area contributed by atoms with Gasteiger partial charge in [-0.25, -0.2) is 4.98 Å². The van der Waals surface area contributed by atoms with Crippen molar-refractivity contribution in [3.63, 3.8) is 0 Å². The highest BCUT2D eigenvalue weighted by Crippen LogP contribution is 2.52. The molecule has 140 valence electrons. The van der Waals surface area contributed by atoms with E-state index in [4.69, 9.17) is 4.74 Å². The van der Waals surface area contributed by atoms with E-state index in [0.717, 1.165) is 39.1 Å². The SMILES string of the molecule is CC(=O)N1[C@H](Cn2cncn2)C[C@@H]2CN(C(=O)C3[C@H]4COC[C@@H]34)CC[C@@H]21. The molecule has 6 atom stereocenters. The summed E-state index contributed by atoms with van der Waals surface area (Å²) in [6.07, 6.45) is 5.03. The zero-order chi connectivity index (χ0) is 17.8. The van der Waals surface area contributed by atoms with Gasteiger partial charge in [0.05, 0.1) is 25.8 Å². The van der Waals surface area contributed by atoms with Crippen molar-refractivity contribution >= 4 is 11.8 Å². The van der Waals surface area contributed by atoms with E-state index in [0.29, 0.717) is 30.2 Å². The first-order chi connectivity index (χ1) is 12.6. The van der Waals surface area contributed by atoms with Gasteiger partial charge in [-0.15, -0.1) is 0 Å². The Kier molecular flexibility index (Phi) is 3.77. The number of ether oxygens (including phenoxy) is 1. The van der Waals surface area contributed by atoms with Crippen LogP contribution in [-0.2, 0) is 20.9 Å². The lowest BCUT2D eigenvalue weighted by molar-refractivity contribution is -0.137. The first-order valence-corrected chi connectivity index (χ1v) is 9.61. The Balaban J connectivity index is 1.27. The number of carbonyl (C=O) groups excluding carboxylic acids is 2. The molecule has 1 aliphatic carbocycles. The number of likely N-dealkylation sites (tertiary alicyclic amines) is 2. The Bertz CT molecular complexity index is 698. The lowest BCUT2D eigenvalue weighted by atomic mass is 9.91. The van der Waals surface area contributed by atoms with E-state index in [2.05, 4.69) is 15.0 Å². The third kappa shape index (κ3) is 2.53. The second-order valence-corrected chi connectivity index (χ2v) is 8.22. The summed E-state index contributed by atoms with van der Waals surface area (Å²) in [7, 11) is 0. The van der Waals surface area contributed by atoms with Crippen LogP contribution in [0.5, 0.6) is 0 Å². The monoisotopic (exact) mass is 359 g/mol. The van der Waals surface area contributed by atoms with Gasteiger partial charge in [-0.1, -0.05) is 0 Å². The number of amides is 2. The molecule has 5 rings (SSSR count). The zero-order valence-corrected chi connectivity index (χ0v) is 15.0. The van der Waals surface area contributed by atoms with Crippen LogP contribution in [0.2, 0.25) is 0 Å². The van der Waals surface area contributed by atoms with Crippen molar-refractivity contribution in [2.24, 2.45) is 23.7 Å². The fourth-order valence-electron chi connectivity index (χ4n) is 5.56. The van der Waals surface area contributed by atoms with Gasteiger partial charge in [-0.05, 0) is 30.6 Å². The van der Waals surface area contributed by atoms with Gasteiger partial charge < -0.3 is 14.5 Å². The molecular formula is C18H25N5O3. The number of hydrogen-bond acceptors (Lipinski definition) is 5. The summed E-state index contributed by atoms with van der Waals surface area (Å²) in [5.41, 5.74) is 0. The van der Waals surface area contributed by atoms with E-state index >= 15 is 0 Å². The van der Waals surface area contributed by atoms with Crippen LogP contribution in [-0.4, -0.2) is 74.8 Å². The van der Waals surface area contributed by atoms with Gasteiger partial charge in [0, 0.05) is 32.0 Å². The molecule has 4 aliphatic rings. The Morgan fingerprint density at radius 3 is 2.77 bits per heavy atom. The van der Waals surface area contributed by atoms with Gasteiger partial charge in [0.15, 0.2) is 0 Å². The van der Waals surface area contributed by atoms with E-state index < -0.39 is 0 Å². The number of hydrogen-bond donors (Lipinski definition) is 0. The van der Waals surface area contributed by atoms with Crippen LogP contribution in [0.1, 0.15) is 19.8 Å². The average Bonchev–Trinajstić information content (AvgIpc) is 3.08. The summed E-state index contributed by atoms with van der Waals surface area (Å²) in [6, 6.07) is 0.375. The molecule has 3 aliphatic heterocycles. The minimum Gasteiger partial charge on any atom is -0.381 e. The summed E-state index contributed by atoms with van der Waals surface area (Å²) in [4.78, 5) is 33.3. The topological polar surface area (TPSA) is 80.6 Å². The molecule has 2 amide bonds. The highest BCUT2D eigenvalue weighted by atomic mass is 16.5. The fourth-order valence-corrected chi connectivity index (χ4v) is 5.56. The first-order valence-electron chi connectivity index (χ1n) is 9.61. The number of nitrogens with zero attached hydrogens (tertiary/aromatic N) is 5. The van der Waals surface area contributed by atoms with Gasteiger partial charge >= 0.3 is 0 Å². The summed E-state index contributed by atoms with van der Waals surface area (Å²) in [5.74, 6) is 1.90. The predicted molar refractivity (Wildman–Crippen MR) is 90.7 cm³/mol. The lowest BCUT2D eigenvalue weighted by Crippen LogP contribution is -2.50. The Morgan fingerprint density at radius 2 is 2.08 bits per heavy atom. The molecule has 4 heterocycles. The molecule has 8 nitrogen and oxygen atoms in total. The summed E-state index contributed by atoms with van der Waals surface area (Å²) < 4.78 is 7.22. The number of piperidine rings is 1. The molecular weight excluding hydrogens is 334 g/mol. The summed E-state index contributed by atoms with van der Waals surface area (Å²) in [6.45, 7) is 5.36. The number of carbonyl (C=O) groups is 2. The average molecular weight is 359 g/mol. The van der Waals surface area contributed by atoms with Gasteiger partial charge in [-0.3, -0.25) is 14.3 Å². The third-order valence-electron chi connectivity index (χ3n) is 6.80. The first kappa shape index (κ1) is 16.2. The van der Waals surface area contributed by atoms with Crippen molar-refractivity contribution in [2.45, 2.75) is 38.4 Å². The van der Waals surface area contributed by atoms with Crippen LogP contribution in [0.4, 0.5) is 0 Å². The van der Waals surface area contributed by atoms with Crippen molar-refractivity contribution in [3.8, 4) is 0 Å². The van der Waals surface area contributed by atoms with Crippen LogP contribution in [0.3, 0.4) is 0 Å². The van der Waals surface area contributed by atoms with E-state index in [1.165, 1.54) is 6.33 Å². The van der Waals surface area contributed by atoms with E-state index in [9.17, 15) is 9.59 Å². The van der Waals surface area contributed by atoms with E-state index in [1.54, 1.807) is 17.9 Å². The Morgan fingerprint density at radius 1 is 1.27 bits per heavy atom. The molecule has 1 aromatic rings. The summed E-state index contributed by atoms with van der Waals surface area (Å²) >= 11 is 0. The van der Waals surface area contributed by atoms with E-state index in [1.807, 2.05) is 4.90 Å². The Labute approximate surface area is 152 Å². The smallest absolute Gasteiger partial charge is 0.226 e. The van der Waals surface area contributed by atoms with Crippen LogP contribution < -0.4 is 0 Å². The predicted octanol–water partition coefficient (Wildman–Crippen LogP) is 0.00840. The van der Waals surface area contributed by atoms with Crippen LogP contribution >= 0.6 is 0 Å². The molecule has 26 heavy (non-hydrogen) atoms. The summed E-state index contributed by atoms with van der Waals surface area (Å²) in [5, 5.41) is 4.19. The van der Waals surface area contributed by atoms with Crippen LogP contribution in [0, 0.1) is 23.7 Å². The largest absolute Gasteiger partial charge is 0.381 e. The Hall–Kier alpha value is -1.96. The second-order valence-electron chi connectivity index (χ2n) is 8.22. The second kappa shape index (κ2) is 6.04. The molecule has 1 unspecified atom stereocenters. The van der Waals surface area contributed by atoms with Gasteiger partial charge in [0.25, 0.3) is 0 Å².